The molecule has 0 bridgehead atoms. The van der Waals surface area contributed by atoms with Gasteiger partial charge in [0.2, 0.25) is 5.91 Å². The third-order valence-corrected chi connectivity index (χ3v) is 4.13. The van der Waals surface area contributed by atoms with Gasteiger partial charge in [-0.2, -0.15) is 13.2 Å². The number of fused-ring (bicyclic) bond motifs is 1. The fourth-order valence-electron chi connectivity index (χ4n) is 2.73. The highest BCUT2D eigenvalue weighted by molar-refractivity contribution is 9.10. The molecule has 22 heavy (non-hydrogen) atoms. The van der Waals surface area contributed by atoms with E-state index in [1.807, 2.05) is 0 Å². The maximum absolute atomic E-state index is 13.6. The number of nitrogens with zero attached hydrogens (tertiary/aromatic N) is 1. The lowest BCUT2D eigenvalue weighted by Gasteiger charge is -2.30. The first kappa shape index (κ1) is 15.3. The molecule has 3 nitrogen and oxygen atoms in total. The largest absolute Gasteiger partial charge is 0.409 e. The Morgan fingerprint density at radius 2 is 2.00 bits per heavy atom. The number of rotatable bonds is 2. The van der Waals surface area contributed by atoms with Crippen molar-refractivity contribution in [2.75, 3.05) is 6.54 Å². The highest BCUT2D eigenvalue weighted by Crippen LogP contribution is 2.40. The molecule has 1 heterocycles. The minimum atomic E-state index is -4.49. The van der Waals surface area contributed by atoms with Gasteiger partial charge in [0.25, 0.3) is 0 Å². The Kier molecular flexibility index (Phi) is 3.86. The molecule has 7 heteroatoms. The highest BCUT2D eigenvalue weighted by atomic mass is 79.9. The number of amides is 1. The molecule has 1 N–H and O–H groups in total. The molecule has 1 atom stereocenters. The first-order valence-electron chi connectivity index (χ1n) is 6.67. The van der Waals surface area contributed by atoms with Crippen LogP contribution in [0.15, 0.2) is 40.9 Å². The van der Waals surface area contributed by atoms with Crippen molar-refractivity contribution in [3.8, 4) is 0 Å². The lowest BCUT2D eigenvalue weighted by molar-refractivity contribution is -0.190. The van der Waals surface area contributed by atoms with Crippen LogP contribution < -0.4 is 5.43 Å². The molecule has 1 saturated heterocycles. The van der Waals surface area contributed by atoms with E-state index in [-0.39, 0.29) is 18.5 Å². The van der Waals surface area contributed by atoms with Gasteiger partial charge in [0, 0.05) is 17.4 Å². The summed E-state index contributed by atoms with van der Waals surface area (Å²) >= 11 is 3.32. The van der Waals surface area contributed by atoms with Crippen LogP contribution in [0.1, 0.15) is 18.0 Å². The van der Waals surface area contributed by atoms with E-state index in [1.54, 1.807) is 30.3 Å². The van der Waals surface area contributed by atoms with Gasteiger partial charge in [-0.15, -0.1) is 0 Å². The number of alkyl halides is 3. The maximum atomic E-state index is 13.6. The molecule has 1 aliphatic rings. The smallest absolute Gasteiger partial charge is 0.288 e. The van der Waals surface area contributed by atoms with Crippen molar-refractivity contribution in [2.45, 2.75) is 18.6 Å². The molecular formula is C15H12BrF3N2O. The number of carbonyl (C=O) groups is 1. The molecule has 0 saturated carbocycles. The van der Waals surface area contributed by atoms with Crippen LogP contribution in [0.5, 0.6) is 0 Å². The number of nitrogens with one attached hydrogen (secondary N) is 1. The molecule has 2 aromatic rings. The lowest BCUT2D eigenvalue weighted by Crippen LogP contribution is -2.43. The normalized spacial score (nSPS) is 17.7. The second kappa shape index (κ2) is 5.55. The van der Waals surface area contributed by atoms with Crippen molar-refractivity contribution >= 4 is 32.6 Å². The average Bonchev–Trinajstić information content (AvgIpc) is 2.83. The van der Waals surface area contributed by atoms with Gasteiger partial charge in [-0.25, -0.2) is 5.01 Å². The van der Waals surface area contributed by atoms with Gasteiger partial charge in [-0.3, -0.25) is 10.2 Å². The molecule has 116 valence electrons. The van der Waals surface area contributed by atoms with Gasteiger partial charge < -0.3 is 0 Å². The van der Waals surface area contributed by atoms with Gasteiger partial charge >= 0.3 is 6.18 Å². The second-order valence-corrected chi connectivity index (χ2v) is 6.05. The fourth-order valence-corrected chi connectivity index (χ4v) is 3.11. The zero-order valence-electron chi connectivity index (χ0n) is 11.3. The molecule has 3 rings (SSSR count). The number of hydrogen-bond acceptors (Lipinski definition) is 2. The van der Waals surface area contributed by atoms with Gasteiger partial charge in [0.1, 0.15) is 0 Å². The quantitative estimate of drug-likeness (QED) is 0.865. The summed E-state index contributed by atoms with van der Waals surface area (Å²) in [5, 5.41) is 2.21. The first-order chi connectivity index (χ1) is 10.4. The monoisotopic (exact) mass is 372 g/mol. The van der Waals surface area contributed by atoms with Crippen molar-refractivity contribution in [2.24, 2.45) is 0 Å². The summed E-state index contributed by atoms with van der Waals surface area (Å²) < 4.78 is 41.6. The number of carbonyl (C=O) groups excluding carboxylic acids is 1. The van der Waals surface area contributed by atoms with E-state index >= 15 is 0 Å². The van der Waals surface area contributed by atoms with Crippen LogP contribution in [0, 0.1) is 0 Å². The Balaban J connectivity index is 2.14. The number of hydrogen-bond donors (Lipinski definition) is 1. The van der Waals surface area contributed by atoms with E-state index in [0.29, 0.717) is 10.8 Å². The Hall–Kier alpha value is -1.60. The van der Waals surface area contributed by atoms with Crippen molar-refractivity contribution in [3.05, 3.63) is 46.4 Å². The van der Waals surface area contributed by atoms with Crippen molar-refractivity contribution < 1.29 is 18.0 Å². The molecule has 0 unspecified atom stereocenters. The molecule has 1 amide bonds. The highest BCUT2D eigenvalue weighted by Gasteiger charge is 2.47. The van der Waals surface area contributed by atoms with E-state index in [0.717, 1.165) is 9.48 Å². The Labute approximate surface area is 133 Å². The van der Waals surface area contributed by atoms with Crippen LogP contribution in [0.4, 0.5) is 13.2 Å². The van der Waals surface area contributed by atoms with Crippen LogP contribution in [0.25, 0.3) is 10.8 Å². The SMILES string of the molecule is O=C1CCN([C@@H](c2cccc3cc(Br)ccc23)C(F)(F)F)N1. The molecule has 0 aromatic heterocycles. The van der Waals surface area contributed by atoms with E-state index in [4.69, 9.17) is 0 Å². The van der Waals surface area contributed by atoms with Crippen LogP contribution >= 0.6 is 15.9 Å². The molecule has 2 aromatic carbocycles. The lowest BCUT2D eigenvalue weighted by atomic mass is 9.98. The Bertz CT molecular complexity index is 732. The summed E-state index contributed by atoms with van der Waals surface area (Å²) in [7, 11) is 0. The third-order valence-electron chi connectivity index (χ3n) is 3.64. The first-order valence-corrected chi connectivity index (χ1v) is 7.46. The van der Waals surface area contributed by atoms with Crippen LogP contribution in [-0.4, -0.2) is 23.6 Å². The van der Waals surface area contributed by atoms with E-state index < -0.39 is 18.1 Å². The minimum absolute atomic E-state index is 0.0376. The Morgan fingerprint density at radius 1 is 1.23 bits per heavy atom. The van der Waals surface area contributed by atoms with Gasteiger partial charge in [0.05, 0.1) is 0 Å². The summed E-state index contributed by atoms with van der Waals surface area (Å²) in [6.07, 6.45) is -4.41. The maximum Gasteiger partial charge on any atom is 0.409 e. The van der Waals surface area contributed by atoms with Crippen LogP contribution in [0.3, 0.4) is 0 Å². The fraction of sp³-hybridized carbons (Fsp3) is 0.267. The summed E-state index contributed by atoms with van der Waals surface area (Å²) in [6.45, 7) is 0.0376. The summed E-state index contributed by atoms with van der Waals surface area (Å²) in [5.74, 6) is -0.391. The summed E-state index contributed by atoms with van der Waals surface area (Å²) in [5.41, 5.74) is 2.44. The zero-order valence-corrected chi connectivity index (χ0v) is 12.9. The van der Waals surface area contributed by atoms with Gasteiger partial charge in [-0.1, -0.05) is 40.2 Å². The average molecular weight is 373 g/mol. The van der Waals surface area contributed by atoms with E-state index in [1.165, 1.54) is 6.07 Å². The molecule has 1 fully saturated rings. The number of hydrazine groups is 1. The standard InChI is InChI=1S/C15H12BrF3N2O/c16-10-4-5-11-9(8-10)2-1-3-12(11)14(15(17,18)19)21-7-6-13(22)20-21/h1-5,8,14H,6-7H2,(H,20,22)/t14-/m0/s1. The van der Waals surface area contributed by atoms with Crippen LogP contribution in [-0.2, 0) is 4.79 Å². The predicted octanol–water partition coefficient (Wildman–Crippen LogP) is 3.94. The van der Waals surface area contributed by atoms with Crippen molar-refractivity contribution in [3.63, 3.8) is 0 Å². The van der Waals surface area contributed by atoms with E-state index in [2.05, 4.69) is 21.4 Å². The third kappa shape index (κ3) is 2.83. The Morgan fingerprint density at radius 3 is 2.64 bits per heavy atom. The minimum Gasteiger partial charge on any atom is -0.288 e. The van der Waals surface area contributed by atoms with Crippen molar-refractivity contribution in [1.82, 2.24) is 10.4 Å². The van der Waals surface area contributed by atoms with Gasteiger partial charge in [-0.05, 0) is 28.5 Å². The molecule has 0 radical (unpaired) electrons. The number of halogens is 4. The van der Waals surface area contributed by atoms with Crippen molar-refractivity contribution in [1.29, 1.82) is 0 Å². The van der Waals surface area contributed by atoms with Crippen LogP contribution in [0.2, 0.25) is 0 Å². The second-order valence-electron chi connectivity index (χ2n) is 5.14. The summed E-state index contributed by atoms with van der Waals surface area (Å²) in [6, 6.07) is 8.10. The van der Waals surface area contributed by atoms with E-state index in [9.17, 15) is 18.0 Å². The molecule has 0 spiro atoms. The topological polar surface area (TPSA) is 32.3 Å². The zero-order chi connectivity index (χ0) is 15.9. The molecule has 1 aliphatic heterocycles. The molecular weight excluding hydrogens is 361 g/mol. The summed E-state index contributed by atoms with van der Waals surface area (Å²) in [4.78, 5) is 11.3. The number of benzene rings is 2. The van der Waals surface area contributed by atoms with Gasteiger partial charge in [0.15, 0.2) is 6.04 Å². The molecule has 0 aliphatic carbocycles. The predicted molar refractivity (Wildman–Crippen MR) is 79.9 cm³/mol.